The highest BCUT2D eigenvalue weighted by Crippen LogP contribution is 2.40. The van der Waals surface area contributed by atoms with Crippen molar-refractivity contribution >= 4 is 23.7 Å². The summed E-state index contributed by atoms with van der Waals surface area (Å²) in [6.45, 7) is 12.1. The average molecular weight is 698 g/mol. The van der Waals surface area contributed by atoms with Crippen molar-refractivity contribution < 1.29 is 42.8 Å². The Kier molecular flexibility index (Phi) is 13.8. The van der Waals surface area contributed by atoms with Crippen LogP contribution in [0.1, 0.15) is 70.9 Å². The number of carbonyl (C=O) groups is 3. The Morgan fingerprint density at radius 3 is 2.44 bits per heavy atom. The van der Waals surface area contributed by atoms with Gasteiger partial charge in [-0.25, -0.2) is 4.79 Å². The zero-order chi connectivity index (χ0) is 36.4. The maximum absolute atomic E-state index is 13.9. The molecule has 0 aliphatic carbocycles. The third-order valence-electron chi connectivity index (χ3n) is 9.40. The number of nitrogens with one attached hydrogen (secondary N) is 1. The predicted molar refractivity (Wildman–Crippen MR) is 189 cm³/mol. The molecule has 2 aromatic rings. The smallest absolute Gasteiger partial charge is 0.413 e. The molecular formula is C38H55N3O9. The van der Waals surface area contributed by atoms with E-state index in [0.717, 1.165) is 47.8 Å². The molecule has 1 fully saturated rings. The predicted octanol–water partition coefficient (Wildman–Crippen LogP) is 5.52. The van der Waals surface area contributed by atoms with E-state index in [2.05, 4.69) is 16.3 Å². The molecule has 12 nitrogen and oxygen atoms in total. The van der Waals surface area contributed by atoms with Crippen molar-refractivity contribution in [2.24, 2.45) is 11.3 Å². The second-order valence-electron chi connectivity index (χ2n) is 14.0. The van der Waals surface area contributed by atoms with Gasteiger partial charge in [-0.15, -0.1) is 0 Å². The van der Waals surface area contributed by atoms with Crippen LogP contribution in [0.3, 0.4) is 0 Å². The molecule has 0 aromatic heterocycles. The van der Waals surface area contributed by atoms with Gasteiger partial charge in [-0.3, -0.25) is 9.59 Å². The molecule has 0 spiro atoms. The van der Waals surface area contributed by atoms with Crippen LogP contribution in [0.25, 0.3) is 0 Å². The summed E-state index contributed by atoms with van der Waals surface area (Å²) in [6, 6.07) is 13.6. The van der Waals surface area contributed by atoms with Gasteiger partial charge in [0.05, 0.1) is 44.5 Å². The number of amides is 2. The zero-order valence-electron chi connectivity index (χ0n) is 30.9. The first-order valence-electron chi connectivity index (χ1n) is 17.5. The van der Waals surface area contributed by atoms with Gasteiger partial charge in [0, 0.05) is 51.6 Å². The summed E-state index contributed by atoms with van der Waals surface area (Å²) >= 11 is 0. The van der Waals surface area contributed by atoms with Gasteiger partial charge >= 0.3 is 12.1 Å². The standard InChI is InChI=1S/C38H55N3O9/c1-25(2)35(42)49-26(3)50-37(44)41-23-34(48-24-27-10-15-33-32(20-27)40(17-19-47-33)16-9-18-45-7)31(28-11-13-30(46-8)14-12-28)21-29(41)22-38(4,5)36(43)39-6/h10-15,20,25-26,29,31,34H,9,16-19,21-24H2,1-8H3,(H,39,43)/t26?,29-,31+,34-/m0/s1. The SMILES string of the molecule is CNC(=O)C(C)(C)C[C@@H]1C[C@H](c2ccc(OC)cc2)[C@@H](OCc2ccc3c(c2)N(CCCOC)CCO3)CN1C(=O)OC(C)OC(=O)C(C)C. The van der Waals surface area contributed by atoms with Crippen molar-refractivity contribution in [1.29, 1.82) is 0 Å². The van der Waals surface area contributed by atoms with Gasteiger partial charge in [-0.1, -0.05) is 45.9 Å². The Labute approximate surface area is 296 Å². The normalized spacial score (nSPS) is 19.7. The maximum Gasteiger partial charge on any atom is 0.413 e. The first-order chi connectivity index (χ1) is 23.9. The lowest BCUT2D eigenvalue weighted by Crippen LogP contribution is -2.55. The van der Waals surface area contributed by atoms with E-state index in [4.69, 9.17) is 28.4 Å². The fourth-order valence-electron chi connectivity index (χ4n) is 6.63. The monoisotopic (exact) mass is 697 g/mol. The molecule has 276 valence electrons. The Morgan fingerprint density at radius 1 is 1.04 bits per heavy atom. The van der Waals surface area contributed by atoms with Gasteiger partial charge in [-0.05, 0) is 54.7 Å². The second kappa shape index (κ2) is 17.8. The Hall–Kier alpha value is -4.03. The number of rotatable bonds is 15. The van der Waals surface area contributed by atoms with E-state index in [-0.39, 0.29) is 30.3 Å². The van der Waals surface area contributed by atoms with Crippen molar-refractivity contribution in [3.63, 3.8) is 0 Å². The van der Waals surface area contributed by atoms with Crippen molar-refractivity contribution in [3.05, 3.63) is 53.6 Å². The van der Waals surface area contributed by atoms with E-state index in [1.54, 1.807) is 40.0 Å². The molecular weight excluding hydrogens is 642 g/mol. The summed E-state index contributed by atoms with van der Waals surface area (Å²) in [6.07, 6.45) is -0.349. The highest BCUT2D eigenvalue weighted by molar-refractivity contribution is 5.81. The summed E-state index contributed by atoms with van der Waals surface area (Å²) in [5.74, 6) is 0.502. The lowest BCUT2D eigenvalue weighted by atomic mass is 9.76. The van der Waals surface area contributed by atoms with E-state index >= 15 is 0 Å². The molecule has 1 N–H and O–H groups in total. The molecule has 2 aliphatic rings. The molecule has 0 saturated carbocycles. The Morgan fingerprint density at radius 2 is 1.78 bits per heavy atom. The zero-order valence-corrected chi connectivity index (χ0v) is 30.9. The number of benzene rings is 2. The maximum atomic E-state index is 13.9. The quantitative estimate of drug-likeness (QED) is 0.145. The fourth-order valence-corrected chi connectivity index (χ4v) is 6.63. The molecule has 0 bridgehead atoms. The van der Waals surface area contributed by atoms with E-state index in [9.17, 15) is 14.4 Å². The fraction of sp³-hybridized carbons (Fsp3) is 0.605. The largest absolute Gasteiger partial charge is 0.497 e. The third kappa shape index (κ3) is 10.0. The van der Waals surface area contributed by atoms with Gasteiger partial charge in [0.1, 0.15) is 18.1 Å². The van der Waals surface area contributed by atoms with Crippen LogP contribution in [-0.2, 0) is 35.1 Å². The van der Waals surface area contributed by atoms with Gasteiger partial charge in [0.15, 0.2) is 0 Å². The minimum Gasteiger partial charge on any atom is -0.497 e. The molecule has 2 aliphatic heterocycles. The summed E-state index contributed by atoms with van der Waals surface area (Å²) in [4.78, 5) is 43.0. The Bertz CT molecular complexity index is 1430. The Balaban J connectivity index is 1.63. The van der Waals surface area contributed by atoms with Crippen LogP contribution in [0, 0.1) is 11.3 Å². The molecule has 1 saturated heterocycles. The van der Waals surface area contributed by atoms with E-state index in [1.165, 1.54) is 6.92 Å². The lowest BCUT2D eigenvalue weighted by molar-refractivity contribution is -0.171. The van der Waals surface area contributed by atoms with Crippen LogP contribution < -0.4 is 19.7 Å². The number of esters is 1. The topological polar surface area (TPSA) is 125 Å². The summed E-state index contributed by atoms with van der Waals surface area (Å²) < 4.78 is 34.4. The number of likely N-dealkylation sites (tertiary alicyclic amines) is 1. The number of ether oxygens (including phenoxy) is 6. The minimum absolute atomic E-state index is 0.113. The number of piperidine rings is 1. The molecule has 4 rings (SSSR count). The minimum atomic E-state index is -1.09. The number of nitrogens with zero attached hydrogens (tertiary/aromatic N) is 2. The van der Waals surface area contributed by atoms with Crippen LogP contribution in [0.2, 0.25) is 0 Å². The molecule has 2 heterocycles. The molecule has 12 heteroatoms. The molecule has 50 heavy (non-hydrogen) atoms. The first-order valence-corrected chi connectivity index (χ1v) is 17.5. The van der Waals surface area contributed by atoms with Gasteiger partial charge in [0.25, 0.3) is 0 Å². The number of hydrogen-bond acceptors (Lipinski definition) is 10. The van der Waals surface area contributed by atoms with Crippen LogP contribution in [0.4, 0.5) is 10.5 Å². The van der Waals surface area contributed by atoms with Gasteiger partial charge in [-0.2, -0.15) is 0 Å². The molecule has 1 unspecified atom stereocenters. The van der Waals surface area contributed by atoms with E-state index in [0.29, 0.717) is 32.7 Å². The van der Waals surface area contributed by atoms with Crippen LogP contribution in [-0.4, -0.2) is 95.4 Å². The third-order valence-corrected chi connectivity index (χ3v) is 9.40. The molecule has 4 atom stereocenters. The van der Waals surface area contributed by atoms with Crippen molar-refractivity contribution in [2.45, 2.75) is 84.8 Å². The highest BCUT2D eigenvalue weighted by Gasteiger charge is 2.44. The van der Waals surface area contributed by atoms with Crippen molar-refractivity contribution in [3.8, 4) is 11.5 Å². The number of hydrogen-bond donors (Lipinski definition) is 1. The lowest BCUT2D eigenvalue weighted by Gasteiger charge is -2.45. The van der Waals surface area contributed by atoms with Gasteiger partial charge < -0.3 is 43.5 Å². The molecule has 2 aromatic carbocycles. The van der Waals surface area contributed by atoms with E-state index in [1.807, 2.05) is 50.2 Å². The van der Waals surface area contributed by atoms with Crippen LogP contribution in [0.15, 0.2) is 42.5 Å². The average Bonchev–Trinajstić information content (AvgIpc) is 3.10. The van der Waals surface area contributed by atoms with Crippen molar-refractivity contribution in [2.75, 3.05) is 59.0 Å². The highest BCUT2D eigenvalue weighted by atomic mass is 16.7. The first kappa shape index (κ1) is 38.8. The summed E-state index contributed by atoms with van der Waals surface area (Å²) in [7, 11) is 4.95. The van der Waals surface area contributed by atoms with Crippen molar-refractivity contribution in [1.82, 2.24) is 10.2 Å². The summed E-state index contributed by atoms with van der Waals surface area (Å²) in [5.41, 5.74) is 2.25. The van der Waals surface area contributed by atoms with E-state index < -0.39 is 29.9 Å². The number of carbonyl (C=O) groups excluding carboxylic acids is 3. The van der Waals surface area contributed by atoms with Crippen LogP contribution in [0.5, 0.6) is 11.5 Å². The number of methoxy groups -OCH3 is 2. The number of fused-ring (bicyclic) bond motifs is 1. The molecule has 2 amide bonds. The second-order valence-corrected chi connectivity index (χ2v) is 14.0. The van der Waals surface area contributed by atoms with Crippen LogP contribution >= 0.6 is 0 Å². The number of anilines is 1. The van der Waals surface area contributed by atoms with Gasteiger partial charge in [0.2, 0.25) is 12.2 Å². The summed E-state index contributed by atoms with van der Waals surface area (Å²) in [5, 5.41) is 2.76. The molecule has 0 radical (unpaired) electrons.